The van der Waals surface area contributed by atoms with Gasteiger partial charge in [0.2, 0.25) is 5.58 Å². The van der Waals surface area contributed by atoms with Gasteiger partial charge in [-0.15, -0.1) is 0 Å². The zero-order valence-electron chi connectivity index (χ0n) is 12.2. The lowest BCUT2D eigenvalue weighted by molar-refractivity contribution is 0.277. The number of alkyl halides is 1. The topological polar surface area (TPSA) is 62.1 Å². The molecule has 3 aromatic rings. The van der Waals surface area contributed by atoms with E-state index in [0.29, 0.717) is 43.0 Å². The van der Waals surface area contributed by atoms with E-state index in [9.17, 15) is 9.18 Å². The van der Waals surface area contributed by atoms with Crippen molar-refractivity contribution in [3.05, 3.63) is 34.4 Å². The smallest absolute Gasteiger partial charge is 0.294 e. The van der Waals surface area contributed by atoms with Crippen molar-refractivity contribution in [3.63, 3.8) is 0 Å². The van der Waals surface area contributed by atoms with Crippen LogP contribution >= 0.6 is 0 Å². The van der Waals surface area contributed by atoms with Crippen molar-refractivity contribution in [3.8, 4) is 0 Å². The standard InChI is InChI=1S/C15H15BFN3O2/c16-8-1-2-11-10(5-8)13-14(22-11)15(21)19-12(18-13)7-20-4-3-9(17)6-20/h1-2,5,9H,3-4,6-7,16H2,(H,18,19,21)/t9-/m0/s1. The van der Waals surface area contributed by atoms with Crippen LogP contribution in [0.5, 0.6) is 0 Å². The average molecular weight is 299 g/mol. The predicted octanol–water partition coefficient (Wildman–Crippen LogP) is 0.472. The second-order valence-corrected chi connectivity index (χ2v) is 5.91. The van der Waals surface area contributed by atoms with Crippen LogP contribution in [-0.2, 0) is 6.54 Å². The lowest BCUT2D eigenvalue weighted by Crippen LogP contribution is -2.23. The third kappa shape index (κ3) is 2.21. The van der Waals surface area contributed by atoms with Gasteiger partial charge in [-0.05, 0) is 12.5 Å². The first kappa shape index (κ1) is 13.5. The Kier molecular flexibility index (Phi) is 3.04. The molecule has 1 aromatic carbocycles. The van der Waals surface area contributed by atoms with Crippen molar-refractivity contribution in [2.24, 2.45) is 0 Å². The minimum Gasteiger partial charge on any atom is -0.449 e. The zero-order chi connectivity index (χ0) is 15.3. The monoisotopic (exact) mass is 299 g/mol. The number of hydrogen-bond donors (Lipinski definition) is 1. The van der Waals surface area contributed by atoms with E-state index in [1.807, 2.05) is 30.9 Å². The Morgan fingerprint density at radius 2 is 2.36 bits per heavy atom. The molecule has 0 aliphatic carbocycles. The summed E-state index contributed by atoms with van der Waals surface area (Å²) in [5, 5.41) is 0.840. The number of H-pyrrole nitrogens is 1. The van der Waals surface area contributed by atoms with Gasteiger partial charge in [-0.2, -0.15) is 0 Å². The number of aromatic amines is 1. The molecule has 2 aromatic heterocycles. The highest BCUT2D eigenvalue weighted by atomic mass is 19.1. The molecule has 0 unspecified atom stereocenters. The Morgan fingerprint density at radius 3 is 3.14 bits per heavy atom. The van der Waals surface area contributed by atoms with Crippen LogP contribution in [0.3, 0.4) is 0 Å². The average Bonchev–Trinajstić information content (AvgIpc) is 3.03. The molecule has 5 nitrogen and oxygen atoms in total. The number of benzene rings is 1. The fraction of sp³-hybridized carbons (Fsp3) is 0.333. The third-order valence-electron chi connectivity index (χ3n) is 4.12. The molecular weight excluding hydrogens is 284 g/mol. The highest BCUT2D eigenvalue weighted by Crippen LogP contribution is 2.24. The molecule has 0 amide bonds. The fourth-order valence-corrected chi connectivity index (χ4v) is 3.03. The highest BCUT2D eigenvalue weighted by molar-refractivity contribution is 6.33. The lowest BCUT2D eigenvalue weighted by Gasteiger charge is -2.13. The number of fused-ring (bicyclic) bond motifs is 3. The van der Waals surface area contributed by atoms with Crippen molar-refractivity contribution in [2.45, 2.75) is 19.1 Å². The van der Waals surface area contributed by atoms with Gasteiger partial charge in [0.25, 0.3) is 5.56 Å². The fourth-order valence-electron chi connectivity index (χ4n) is 3.03. The molecule has 0 spiro atoms. The molecule has 0 bridgehead atoms. The first-order valence-electron chi connectivity index (χ1n) is 7.38. The van der Waals surface area contributed by atoms with E-state index in [2.05, 4.69) is 9.97 Å². The summed E-state index contributed by atoms with van der Waals surface area (Å²) in [4.78, 5) is 21.5. The normalized spacial score (nSPS) is 19.4. The SMILES string of the molecule is Bc1ccc2oc3c(=O)[nH]c(CN4CC[C@H](F)C4)nc3c2c1. The van der Waals surface area contributed by atoms with Crippen LogP contribution in [0.15, 0.2) is 27.4 Å². The van der Waals surface area contributed by atoms with Gasteiger partial charge < -0.3 is 9.40 Å². The largest absolute Gasteiger partial charge is 0.449 e. The number of aromatic nitrogens is 2. The van der Waals surface area contributed by atoms with E-state index in [-0.39, 0.29) is 11.1 Å². The summed E-state index contributed by atoms with van der Waals surface area (Å²) < 4.78 is 18.9. The van der Waals surface area contributed by atoms with Crippen LogP contribution in [0.1, 0.15) is 12.2 Å². The summed E-state index contributed by atoms with van der Waals surface area (Å²) in [6.07, 6.45) is -0.242. The molecule has 112 valence electrons. The van der Waals surface area contributed by atoms with Crippen LogP contribution < -0.4 is 11.0 Å². The summed E-state index contributed by atoms with van der Waals surface area (Å²) in [5.41, 5.74) is 2.27. The van der Waals surface area contributed by atoms with Gasteiger partial charge in [-0.3, -0.25) is 9.69 Å². The molecule has 1 aliphatic rings. The Labute approximate surface area is 126 Å². The van der Waals surface area contributed by atoms with Crippen LogP contribution in [0.25, 0.3) is 22.1 Å². The second kappa shape index (κ2) is 4.95. The van der Waals surface area contributed by atoms with Crippen LogP contribution in [0, 0.1) is 0 Å². The molecule has 3 heterocycles. The predicted molar refractivity (Wildman–Crippen MR) is 85.1 cm³/mol. The van der Waals surface area contributed by atoms with Gasteiger partial charge >= 0.3 is 0 Å². The molecule has 1 aliphatic heterocycles. The number of nitrogens with one attached hydrogen (secondary N) is 1. The van der Waals surface area contributed by atoms with Crippen LogP contribution in [-0.4, -0.2) is 42.0 Å². The van der Waals surface area contributed by atoms with Crippen molar-refractivity contribution < 1.29 is 8.81 Å². The maximum Gasteiger partial charge on any atom is 0.294 e. The molecular formula is C15H15BFN3O2. The Bertz CT molecular complexity index is 920. The first-order valence-corrected chi connectivity index (χ1v) is 7.38. The number of likely N-dealkylation sites (tertiary alicyclic amines) is 1. The highest BCUT2D eigenvalue weighted by Gasteiger charge is 2.23. The Balaban J connectivity index is 1.82. The molecule has 1 fully saturated rings. The van der Waals surface area contributed by atoms with E-state index in [0.717, 1.165) is 10.8 Å². The Morgan fingerprint density at radius 1 is 1.50 bits per heavy atom. The van der Waals surface area contributed by atoms with Gasteiger partial charge in [0.1, 0.15) is 30.9 Å². The lowest BCUT2D eigenvalue weighted by atomic mass is 9.95. The minimum absolute atomic E-state index is 0.245. The minimum atomic E-state index is -0.784. The number of halogens is 1. The summed E-state index contributed by atoms with van der Waals surface area (Å²) >= 11 is 0. The van der Waals surface area contributed by atoms with E-state index < -0.39 is 6.17 Å². The second-order valence-electron chi connectivity index (χ2n) is 5.91. The third-order valence-corrected chi connectivity index (χ3v) is 4.12. The summed E-state index contributed by atoms with van der Waals surface area (Å²) in [7, 11) is 1.98. The zero-order valence-corrected chi connectivity index (χ0v) is 12.2. The van der Waals surface area contributed by atoms with E-state index in [4.69, 9.17) is 4.42 Å². The number of hydrogen-bond acceptors (Lipinski definition) is 4. The van der Waals surface area contributed by atoms with E-state index in [1.54, 1.807) is 0 Å². The van der Waals surface area contributed by atoms with E-state index >= 15 is 0 Å². The van der Waals surface area contributed by atoms with Gasteiger partial charge in [0, 0.05) is 18.5 Å². The number of rotatable bonds is 2. The van der Waals surface area contributed by atoms with Crippen molar-refractivity contribution in [1.29, 1.82) is 0 Å². The molecule has 22 heavy (non-hydrogen) atoms. The van der Waals surface area contributed by atoms with E-state index in [1.165, 1.54) is 0 Å². The molecule has 4 rings (SSSR count). The molecule has 1 atom stereocenters. The van der Waals surface area contributed by atoms with Crippen LogP contribution in [0.2, 0.25) is 0 Å². The summed E-state index contributed by atoms with van der Waals surface area (Å²) in [5.74, 6) is 0.552. The van der Waals surface area contributed by atoms with Gasteiger partial charge in [0.15, 0.2) is 0 Å². The van der Waals surface area contributed by atoms with Crippen molar-refractivity contribution in [2.75, 3.05) is 13.1 Å². The molecule has 1 saturated heterocycles. The first-order chi connectivity index (χ1) is 10.6. The van der Waals surface area contributed by atoms with Gasteiger partial charge in [-0.25, -0.2) is 9.37 Å². The Hall–Kier alpha value is -2.15. The molecule has 7 heteroatoms. The van der Waals surface area contributed by atoms with Crippen molar-refractivity contribution in [1.82, 2.24) is 14.9 Å². The van der Waals surface area contributed by atoms with Crippen molar-refractivity contribution >= 4 is 35.4 Å². The van der Waals surface area contributed by atoms with Crippen LogP contribution in [0.4, 0.5) is 4.39 Å². The summed E-state index contributed by atoms with van der Waals surface area (Å²) in [6, 6.07) is 5.75. The molecule has 0 saturated carbocycles. The van der Waals surface area contributed by atoms with Gasteiger partial charge in [0.05, 0.1) is 6.54 Å². The summed E-state index contributed by atoms with van der Waals surface area (Å²) in [6.45, 7) is 1.53. The maximum absolute atomic E-state index is 13.3. The quantitative estimate of drug-likeness (QED) is 0.699. The molecule has 0 radical (unpaired) electrons. The maximum atomic E-state index is 13.3. The van der Waals surface area contributed by atoms with Gasteiger partial charge in [-0.1, -0.05) is 17.6 Å². The number of nitrogens with zero attached hydrogens (tertiary/aromatic N) is 2. The molecule has 1 N–H and O–H groups in total. The number of furan rings is 1.